The van der Waals surface area contributed by atoms with Crippen LogP contribution >= 0.6 is 11.3 Å². The first-order valence-corrected chi connectivity index (χ1v) is 11.3. The topological polar surface area (TPSA) is 79.5 Å². The van der Waals surface area contributed by atoms with E-state index in [0.29, 0.717) is 44.4 Å². The van der Waals surface area contributed by atoms with Gasteiger partial charge >= 0.3 is 0 Å². The summed E-state index contributed by atoms with van der Waals surface area (Å²) < 4.78 is 31.9. The molecule has 0 radical (unpaired) electrons. The van der Waals surface area contributed by atoms with Crippen LogP contribution in [0, 0.1) is 0 Å². The normalized spacial score (nSPS) is 16.7. The second-order valence-electron chi connectivity index (χ2n) is 6.42. The predicted octanol–water partition coefficient (Wildman–Crippen LogP) is 2.92. The van der Waals surface area contributed by atoms with Gasteiger partial charge in [0.25, 0.3) is 0 Å². The van der Waals surface area contributed by atoms with Crippen molar-refractivity contribution in [2.45, 2.75) is 6.54 Å². The molecule has 1 aromatic carbocycles. The summed E-state index contributed by atoms with van der Waals surface area (Å²) >= 11 is 1.56. The molecule has 4 rings (SSSR count). The number of rotatable bonds is 6. The molecular formula is C19H20N4O3S2. The van der Waals surface area contributed by atoms with Gasteiger partial charge in [0.1, 0.15) is 0 Å². The lowest BCUT2D eigenvalue weighted by Gasteiger charge is -2.32. The largest absolute Gasteiger partial charge is 0.338 e. The van der Waals surface area contributed by atoms with E-state index in [4.69, 9.17) is 4.52 Å². The van der Waals surface area contributed by atoms with E-state index in [9.17, 15) is 8.42 Å². The quantitative estimate of drug-likeness (QED) is 0.615. The second kappa shape index (κ2) is 8.36. The van der Waals surface area contributed by atoms with E-state index in [1.54, 1.807) is 17.4 Å². The van der Waals surface area contributed by atoms with E-state index < -0.39 is 10.0 Å². The van der Waals surface area contributed by atoms with Crippen molar-refractivity contribution in [1.82, 2.24) is 19.3 Å². The van der Waals surface area contributed by atoms with E-state index >= 15 is 0 Å². The molecule has 7 nitrogen and oxygen atoms in total. The number of thiophene rings is 1. The third-order valence-electron chi connectivity index (χ3n) is 4.49. The van der Waals surface area contributed by atoms with Crippen LogP contribution in [0.2, 0.25) is 0 Å². The summed E-state index contributed by atoms with van der Waals surface area (Å²) in [5, 5.41) is 7.26. The Labute approximate surface area is 168 Å². The SMILES string of the molecule is O=S(=O)(C=Cc1ccccc1)N1CCN(Cc2nc(-c3cccs3)no2)CC1. The van der Waals surface area contributed by atoms with Crippen molar-refractivity contribution < 1.29 is 12.9 Å². The maximum absolute atomic E-state index is 12.5. The van der Waals surface area contributed by atoms with Crippen LogP contribution in [-0.4, -0.2) is 53.9 Å². The van der Waals surface area contributed by atoms with Crippen molar-refractivity contribution in [3.05, 3.63) is 64.7 Å². The smallest absolute Gasteiger partial charge is 0.241 e. The molecule has 9 heteroatoms. The van der Waals surface area contributed by atoms with Gasteiger partial charge in [-0.3, -0.25) is 4.90 Å². The lowest BCUT2D eigenvalue weighted by atomic mass is 10.2. The molecular weight excluding hydrogens is 396 g/mol. The summed E-state index contributed by atoms with van der Waals surface area (Å²) in [6, 6.07) is 13.3. The summed E-state index contributed by atoms with van der Waals surface area (Å²) in [6.07, 6.45) is 1.63. The van der Waals surface area contributed by atoms with Gasteiger partial charge < -0.3 is 4.52 Å². The molecule has 0 N–H and O–H groups in total. The predicted molar refractivity (Wildman–Crippen MR) is 109 cm³/mol. The average molecular weight is 417 g/mol. The van der Waals surface area contributed by atoms with Crippen LogP contribution in [-0.2, 0) is 16.6 Å². The number of hydrogen-bond acceptors (Lipinski definition) is 7. The highest BCUT2D eigenvalue weighted by Crippen LogP contribution is 2.22. The molecule has 0 aliphatic carbocycles. The van der Waals surface area contributed by atoms with E-state index in [1.807, 2.05) is 47.8 Å². The fraction of sp³-hybridized carbons (Fsp3) is 0.263. The molecule has 1 fully saturated rings. The number of aromatic nitrogens is 2. The van der Waals surface area contributed by atoms with Gasteiger partial charge in [-0.05, 0) is 23.1 Å². The van der Waals surface area contributed by atoms with Crippen LogP contribution in [0.25, 0.3) is 16.8 Å². The first-order valence-electron chi connectivity index (χ1n) is 8.92. The van der Waals surface area contributed by atoms with Gasteiger partial charge in [0.2, 0.25) is 21.7 Å². The maximum atomic E-state index is 12.5. The molecule has 2 aromatic heterocycles. The van der Waals surface area contributed by atoms with Crippen molar-refractivity contribution in [2.75, 3.05) is 26.2 Å². The molecule has 1 aliphatic heterocycles. The van der Waals surface area contributed by atoms with Gasteiger partial charge in [0, 0.05) is 31.6 Å². The lowest BCUT2D eigenvalue weighted by molar-refractivity contribution is 0.164. The summed E-state index contributed by atoms with van der Waals surface area (Å²) in [6.45, 7) is 2.64. The number of benzene rings is 1. The van der Waals surface area contributed by atoms with E-state index in [1.165, 1.54) is 9.71 Å². The fourth-order valence-electron chi connectivity index (χ4n) is 2.97. The zero-order chi connectivity index (χ0) is 19.4. The van der Waals surface area contributed by atoms with Crippen LogP contribution in [0.5, 0.6) is 0 Å². The van der Waals surface area contributed by atoms with Gasteiger partial charge in [-0.15, -0.1) is 11.3 Å². The fourth-order valence-corrected chi connectivity index (χ4v) is 4.80. The Hall–Kier alpha value is -2.33. The molecule has 1 saturated heterocycles. The van der Waals surface area contributed by atoms with Gasteiger partial charge in [-0.2, -0.15) is 9.29 Å². The van der Waals surface area contributed by atoms with Crippen molar-refractivity contribution in [2.24, 2.45) is 0 Å². The van der Waals surface area contributed by atoms with E-state index in [0.717, 1.165) is 10.4 Å². The van der Waals surface area contributed by atoms with Crippen LogP contribution < -0.4 is 0 Å². The van der Waals surface area contributed by atoms with Crippen LogP contribution in [0.3, 0.4) is 0 Å². The molecule has 0 saturated carbocycles. The summed E-state index contributed by atoms with van der Waals surface area (Å²) in [5.41, 5.74) is 0.864. The molecule has 0 amide bonds. The highest BCUT2D eigenvalue weighted by atomic mass is 32.2. The molecule has 0 atom stereocenters. The van der Waals surface area contributed by atoms with Gasteiger partial charge in [0.15, 0.2) is 0 Å². The van der Waals surface area contributed by atoms with Crippen molar-refractivity contribution in [3.8, 4) is 10.7 Å². The standard InChI is InChI=1S/C19H20N4O3S2/c24-28(25,14-8-16-5-2-1-3-6-16)23-11-9-22(10-12-23)15-18-20-19(21-26-18)17-7-4-13-27-17/h1-8,13-14H,9-12,15H2. The highest BCUT2D eigenvalue weighted by Gasteiger charge is 2.26. The Kier molecular flexibility index (Phi) is 5.67. The van der Waals surface area contributed by atoms with Crippen LogP contribution in [0.15, 0.2) is 57.8 Å². The second-order valence-corrected chi connectivity index (χ2v) is 9.19. The minimum atomic E-state index is -3.43. The third-order valence-corrected chi connectivity index (χ3v) is 6.92. The molecule has 146 valence electrons. The minimum absolute atomic E-state index is 0.438. The average Bonchev–Trinajstić information content (AvgIpc) is 3.40. The van der Waals surface area contributed by atoms with Gasteiger partial charge in [0.05, 0.1) is 11.4 Å². The Morgan fingerprint density at radius 2 is 1.86 bits per heavy atom. The number of sulfonamides is 1. The number of hydrogen-bond donors (Lipinski definition) is 0. The van der Waals surface area contributed by atoms with Crippen LogP contribution in [0.4, 0.5) is 0 Å². The Morgan fingerprint density at radius 3 is 2.57 bits per heavy atom. The molecule has 28 heavy (non-hydrogen) atoms. The molecule has 3 heterocycles. The first kappa shape index (κ1) is 19.0. The summed E-state index contributed by atoms with van der Waals surface area (Å²) in [4.78, 5) is 7.52. The monoisotopic (exact) mass is 416 g/mol. The van der Waals surface area contributed by atoms with E-state index in [2.05, 4.69) is 15.0 Å². The van der Waals surface area contributed by atoms with Crippen molar-refractivity contribution >= 4 is 27.4 Å². The maximum Gasteiger partial charge on any atom is 0.241 e. The molecule has 0 bridgehead atoms. The first-order chi connectivity index (χ1) is 13.6. The lowest BCUT2D eigenvalue weighted by Crippen LogP contribution is -2.47. The summed E-state index contributed by atoms with van der Waals surface area (Å²) in [7, 11) is -3.43. The molecule has 3 aromatic rings. The Morgan fingerprint density at radius 1 is 1.07 bits per heavy atom. The number of nitrogens with zero attached hydrogens (tertiary/aromatic N) is 4. The summed E-state index contributed by atoms with van der Waals surface area (Å²) in [5.74, 6) is 1.14. The van der Waals surface area contributed by atoms with Crippen molar-refractivity contribution in [1.29, 1.82) is 0 Å². The van der Waals surface area contributed by atoms with Gasteiger partial charge in [-0.1, -0.05) is 41.6 Å². The third kappa shape index (κ3) is 4.56. The highest BCUT2D eigenvalue weighted by molar-refractivity contribution is 7.92. The van der Waals surface area contributed by atoms with E-state index in [-0.39, 0.29) is 0 Å². The van der Waals surface area contributed by atoms with Crippen LogP contribution in [0.1, 0.15) is 11.5 Å². The Balaban J connectivity index is 1.32. The minimum Gasteiger partial charge on any atom is -0.338 e. The zero-order valence-electron chi connectivity index (χ0n) is 15.1. The molecule has 0 spiro atoms. The number of piperazine rings is 1. The Bertz CT molecular complexity index is 1020. The molecule has 0 unspecified atom stereocenters. The van der Waals surface area contributed by atoms with Crippen molar-refractivity contribution in [3.63, 3.8) is 0 Å². The van der Waals surface area contributed by atoms with Gasteiger partial charge in [-0.25, -0.2) is 8.42 Å². The molecule has 1 aliphatic rings. The zero-order valence-corrected chi connectivity index (χ0v) is 16.8.